The molecule has 2 heterocycles. The van der Waals surface area contributed by atoms with Crippen molar-refractivity contribution < 1.29 is 4.79 Å². The van der Waals surface area contributed by atoms with E-state index >= 15 is 0 Å². The molecule has 0 aliphatic rings. The lowest BCUT2D eigenvalue weighted by atomic mass is 10.1. The van der Waals surface area contributed by atoms with Gasteiger partial charge in [-0.3, -0.25) is 14.6 Å². The maximum absolute atomic E-state index is 12.1. The van der Waals surface area contributed by atoms with Gasteiger partial charge in [-0.1, -0.05) is 42.1 Å². The first kappa shape index (κ1) is 18.3. The number of H-pyrrole nitrogens is 2. The SMILES string of the molecule is Cc1cc2nc(SCC(=O)N[C@@H](C)CCc3ccccc3)[nH]c(=O)c2[nH]1. The number of thioether (sulfide) groups is 1. The number of aryl methyl sites for hydroxylation is 2. The summed E-state index contributed by atoms with van der Waals surface area (Å²) in [5.74, 6) is 0.150. The zero-order valence-electron chi connectivity index (χ0n) is 14.8. The molecule has 7 heteroatoms. The van der Waals surface area contributed by atoms with E-state index in [0.29, 0.717) is 16.2 Å². The molecule has 1 amide bonds. The van der Waals surface area contributed by atoms with Crippen molar-refractivity contribution in [3.8, 4) is 0 Å². The van der Waals surface area contributed by atoms with Crippen LogP contribution in [0.2, 0.25) is 0 Å². The molecule has 0 aliphatic carbocycles. The van der Waals surface area contributed by atoms with Gasteiger partial charge in [0.1, 0.15) is 5.52 Å². The van der Waals surface area contributed by atoms with Crippen molar-refractivity contribution >= 4 is 28.7 Å². The Morgan fingerprint density at radius 1 is 1.27 bits per heavy atom. The molecular formula is C19H22N4O2S. The van der Waals surface area contributed by atoms with Crippen molar-refractivity contribution in [1.29, 1.82) is 0 Å². The highest BCUT2D eigenvalue weighted by molar-refractivity contribution is 7.99. The van der Waals surface area contributed by atoms with Gasteiger partial charge in [-0.15, -0.1) is 0 Å². The largest absolute Gasteiger partial charge is 0.353 e. The average molecular weight is 370 g/mol. The number of aromatic nitrogens is 3. The quantitative estimate of drug-likeness (QED) is 0.441. The van der Waals surface area contributed by atoms with Gasteiger partial charge in [-0.05, 0) is 38.3 Å². The minimum absolute atomic E-state index is 0.0662. The van der Waals surface area contributed by atoms with E-state index < -0.39 is 0 Å². The molecular weight excluding hydrogens is 348 g/mol. The first-order chi connectivity index (χ1) is 12.5. The second kappa shape index (κ2) is 8.23. The molecule has 26 heavy (non-hydrogen) atoms. The van der Waals surface area contributed by atoms with E-state index in [1.54, 1.807) is 0 Å². The summed E-state index contributed by atoms with van der Waals surface area (Å²) in [5.41, 5.74) is 3.00. The van der Waals surface area contributed by atoms with Crippen LogP contribution in [0.1, 0.15) is 24.6 Å². The predicted octanol–water partition coefficient (Wildman–Crippen LogP) is 2.79. The summed E-state index contributed by atoms with van der Waals surface area (Å²) in [6.07, 6.45) is 1.80. The Morgan fingerprint density at radius 3 is 2.81 bits per heavy atom. The molecule has 3 aromatic rings. The average Bonchev–Trinajstić information content (AvgIpc) is 3.00. The highest BCUT2D eigenvalue weighted by Crippen LogP contribution is 2.15. The number of carbonyl (C=O) groups excluding carboxylic acids is 1. The molecule has 136 valence electrons. The molecule has 3 rings (SSSR count). The third kappa shape index (κ3) is 4.76. The van der Waals surface area contributed by atoms with Crippen LogP contribution in [0.5, 0.6) is 0 Å². The van der Waals surface area contributed by atoms with Gasteiger partial charge in [0.25, 0.3) is 5.56 Å². The Kier molecular flexibility index (Phi) is 5.78. The zero-order chi connectivity index (χ0) is 18.5. The summed E-state index contributed by atoms with van der Waals surface area (Å²) in [6, 6.07) is 12.1. The van der Waals surface area contributed by atoms with Crippen LogP contribution in [-0.4, -0.2) is 32.7 Å². The molecule has 6 nitrogen and oxygen atoms in total. The summed E-state index contributed by atoms with van der Waals surface area (Å²) in [6.45, 7) is 3.87. The van der Waals surface area contributed by atoms with E-state index in [1.807, 2.05) is 38.1 Å². The Balaban J connectivity index is 1.50. The van der Waals surface area contributed by atoms with Crippen LogP contribution < -0.4 is 10.9 Å². The third-order valence-electron chi connectivity index (χ3n) is 4.06. The Morgan fingerprint density at radius 2 is 2.04 bits per heavy atom. The zero-order valence-corrected chi connectivity index (χ0v) is 15.7. The number of nitrogens with zero attached hydrogens (tertiary/aromatic N) is 1. The normalized spacial score (nSPS) is 12.2. The van der Waals surface area contributed by atoms with E-state index in [0.717, 1.165) is 18.5 Å². The molecule has 0 bridgehead atoms. The van der Waals surface area contributed by atoms with Crippen LogP contribution in [0.3, 0.4) is 0 Å². The molecule has 1 aromatic carbocycles. The molecule has 0 aliphatic heterocycles. The fourth-order valence-electron chi connectivity index (χ4n) is 2.75. The number of amides is 1. The Labute approximate surface area is 155 Å². The van der Waals surface area contributed by atoms with Crippen molar-refractivity contribution in [3.05, 3.63) is 58.0 Å². The van der Waals surface area contributed by atoms with E-state index in [4.69, 9.17) is 0 Å². The standard InChI is InChI=1S/C19H22N4O2S/c1-12(8-9-14-6-4-3-5-7-14)20-16(24)11-26-19-22-15-10-13(2)21-17(15)18(25)23-19/h3-7,10,12,21H,8-9,11H2,1-2H3,(H,20,24)(H,22,23,25)/t12-/m0/s1. The maximum atomic E-state index is 12.1. The Hall–Kier alpha value is -2.54. The number of hydrogen-bond acceptors (Lipinski definition) is 4. The molecule has 3 N–H and O–H groups in total. The molecule has 0 saturated carbocycles. The number of carbonyl (C=O) groups is 1. The Bertz CT molecular complexity index is 949. The van der Waals surface area contributed by atoms with Gasteiger partial charge >= 0.3 is 0 Å². The second-order valence-corrected chi connectivity index (χ2v) is 7.33. The number of nitrogens with one attached hydrogen (secondary N) is 3. The van der Waals surface area contributed by atoms with E-state index in [2.05, 4.69) is 32.4 Å². The van der Waals surface area contributed by atoms with Gasteiger partial charge in [-0.2, -0.15) is 0 Å². The molecule has 0 fully saturated rings. The van der Waals surface area contributed by atoms with Crippen molar-refractivity contribution in [1.82, 2.24) is 20.3 Å². The van der Waals surface area contributed by atoms with E-state index in [1.165, 1.54) is 17.3 Å². The van der Waals surface area contributed by atoms with Crippen LogP contribution in [0, 0.1) is 6.92 Å². The van der Waals surface area contributed by atoms with Gasteiger partial charge in [0.2, 0.25) is 5.91 Å². The minimum atomic E-state index is -0.220. The van der Waals surface area contributed by atoms with E-state index in [-0.39, 0.29) is 23.3 Å². The fourth-order valence-corrected chi connectivity index (χ4v) is 3.43. The topological polar surface area (TPSA) is 90.6 Å². The molecule has 2 aromatic heterocycles. The van der Waals surface area contributed by atoms with Crippen molar-refractivity contribution in [2.45, 2.75) is 37.9 Å². The summed E-state index contributed by atoms with van der Waals surface area (Å²) < 4.78 is 0. The maximum Gasteiger partial charge on any atom is 0.275 e. The van der Waals surface area contributed by atoms with Gasteiger partial charge in [0.15, 0.2) is 5.16 Å². The van der Waals surface area contributed by atoms with Crippen molar-refractivity contribution in [3.63, 3.8) is 0 Å². The second-order valence-electron chi connectivity index (χ2n) is 6.37. The third-order valence-corrected chi connectivity index (χ3v) is 4.93. The smallest absolute Gasteiger partial charge is 0.275 e. The fraction of sp³-hybridized carbons (Fsp3) is 0.316. The predicted molar refractivity (Wildman–Crippen MR) is 105 cm³/mol. The van der Waals surface area contributed by atoms with Crippen LogP contribution in [-0.2, 0) is 11.2 Å². The summed E-state index contributed by atoms with van der Waals surface area (Å²) in [5, 5.41) is 3.44. The van der Waals surface area contributed by atoms with Crippen molar-refractivity contribution in [2.75, 3.05) is 5.75 Å². The molecule has 0 radical (unpaired) electrons. The van der Waals surface area contributed by atoms with Gasteiger partial charge in [0, 0.05) is 11.7 Å². The summed E-state index contributed by atoms with van der Waals surface area (Å²) in [4.78, 5) is 34.2. The van der Waals surface area contributed by atoms with Crippen LogP contribution in [0.15, 0.2) is 46.3 Å². The lowest BCUT2D eigenvalue weighted by Crippen LogP contribution is -2.34. The van der Waals surface area contributed by atoms with Gasteiger partial charge in [-0.25, -0.2) is 4.98 Å². The van der Waals surface area contributed by atoms with Crippen LogP contribution in [0.4, 0.5) is 0 Å². The highest BCUT2D eigenvalue weighted by Gasteiger charge is 2.11. The number of hydrogen-bond donors (Lipinski definition) is 3. The number of rotatable bonds is 7. The summed E-state index contributed by atoms with van der Waals surface area (Å²) >= 11 is 1.23. The molecule has 1 atom stereocenters. The number of benzene rings is 1. The minimum Gasteiger partial charge on any atom is -0.353 e. The van der Waals surface area contributed by atoms with E-state index in [9.17, 15) is 9.59 Å². The molecule has 0 unspecified atom stereocenters. The summed E-state index contributed by atoms with van der Waals surface area (Å²) in [7, 11) is 0. The molecule has 0 spiro atoms. The lowest BCUT2D eigenvalue weighted by Gasteiger charge is -2.13. The number of fused-ring (bicyclic) bond motifs is 1. The number of aromatic amines is 2. The van der Waals surface area contributed by atoms with Gasteiger partial charge < -0.3 is 10.3 Å². The van der Waals surface area contributed by atoms with Crippen LogP contribution in [0.25, 0.3) is 11.0 Å². The molecule has 0 saturated heterocycles. The lowest BCUT2D eigenvalue weighted by molar-refractivity contribution is -0.119. The first-order valence-corrected chi connectivity index (χ1v) is 9.55. The first-order valence-electron chi connectivity index (χ1n) is 8.57. The van der Waals surface area contributed by atoms with Crippen LogP contribution >= 0.6 is 11.8 Å². The van der Waals surface area contributed by atoms with Gasteiger partial charge in [0.05, 0.1) is 11.3 Å². The highest BCUT2D eigenvalue weighted by atomic mass is 32.2. The van der Waals surface area contributed by atoms with Crippen molar-refractivity contribution in [2.24, 2.45) is 0 Å². The monoisotopic (exact) mass is 370 g/mol.